The minimum absolute atomic E-state index is 0.168. The highest BCUT2D eigenvalue weighted by molar-refractivity contribution is 5.42. The maximum absolute atomic E-state index is 12.3. The monoisotopic (exact) mass is 293 g/mol. The number of pyridine rings is 1. The molecule has 0 unspecified atom stereocenters. The molecule has 0 bridgehead atoms. The molecule has 0 aliphatic carbocycles. The Hall–Kier alpha value is -3.22. The van der Waals surface area contributed by atoms with Crippen molar-refractivity contribution in [2.24, 2.45) is 0 Å². The predicted octanol–water partition coefficient (Wildman–Crippen LogP) is 0.552. The van der Waals surface area contributed by atoms with E-state index in [2.05, 4.69) is 10.1 Å². The third kappa shape index (κ3) is 1.91. The highest BCUT2D eigenvalue weighted by Crippen LogP contribution is 2.01. The summed E-state index contributed by atoms with van der Waals surface area (Å²) in [7, 11) is 0. The maximum atomic E-state index is 12.3. The second-order valence-corrected chi connectivity index (χ2v) is 4.91. The molecule has 0 aliphatic heterocycles. The molecule has 0 N–H and O–H groups in total. The van der Waals surface area contributed by atoms with Crippen LogP contribution in [0, 0.1) is 0 Å². The molecule has 0 spiro atoms. The van der Waals surface area contributed by atoms with Crippen LogP contribution in [0.4, 0.5) is 0 Å². The van der Waals surface area contributed by atoms with Crippen LogP contribution in [-0.2, 0) is 6.54 Å². The highest BCUT2D eigenvalue weighted by atomic mass is 16.1. The summed E-state index contributed by atoms with van der Waals surface area (Å²) >= 11 is 0. The average Bonchev–Trinajstić information content (AvgIpc) is 3.00. The molecule has 4 aromatic heterocycles. The van der Waals surface area contributed by atoms with Crippen molar-refractivity contribution < 1.29 is 0 Å². The Morgan fingerprint density at radius 2 is 1.95 bits per heavy atom. The smallest absolute Gasteiger partial charge is 0.276 e. The van der Waals surface area contributed by atoms with Gasteiger partial charge in [0, 0.05) is 24.7 Å². The second-order valence-electron chi connectivity index (χ2n) is 4.91. The first-order chi connectivity index (χ1) is 10.7. The summed E-state index contributed by atoms with van der Waals surface area (Å²) in [4.78, 5) is 28.8. The number of nitrogens with zero attached hydrogens (tertiary/aromatic N) is 5. The lowest BCUT2D eigenvalue weighted by molar-refractivity contribution is 0.723. The van der Waals surface area contributed by atoms with E-state index in [0.717, 1.165) is 0 Å². The van der Waals surface area contributed by atoms with Gasteiger partial charge in [0.15, 0.2) is 0 Å². The first-order valence-electron chi connectivity index (χ1n) is 6.72. The fourth-order valence-corrected chi connectivity index (χ4v) is 2.44. The van der Waals surface area contributed by atoms with Gasteiger partial charge in [-0.3, -0.25) is 14.0 Å². The summed E-state index contributed by atoms with van der Waals surface area (Å²) in [5.74, 6) is 0. The second kappa shape index (κ2) is 4.66. The van der Waals surface area contributed by atoms with E-state index < -0.39 is 0 Å². The lowest BCUT2D eigenvalue weighted by atomic mass is 10.3. The topological polar surface area (TPSA) is 73.7 Å². The van der Waals surface area contributed by atoms with E-state index in [-0.39, 0.29) is 17.7 Å². The number of hydrogen-bond donors (Lipinski definition) is 0. The van der Waals surface area contributed by atoms with Crippen molar-refractivity contribution >= 4 is 11.2 Å². The van der Waals surface area contributed by atoms with Crippen molar-refractivity contribution in [3.63, 3.8) is 0 Å². The Morgan fingerprint density at radius 3 is 2.86 bits per heavy atom. The Morgan fingerprint density at radius 1 is 1.05 bits per heavy atom. The minimum atomic E-state index is -0.171. The van der Waals surface area contributed by atoms with Gasteiger partial charge in [0.2, 0.25) is 0 Å². The molecule has 108 valence electrons. The lowest BCUT2D eigenvalue weighted by Gasteiger charge is -2.07. The normalized spacial score (nSPS) is 11.3. The number of fused-ring (bicyclic) bond motifs is 2. The Labute approximate surface area is 123 Å². The van der Waals surface area contributed by atoms with Crippen molar-refractivity contribution in [1.29, 1.82) is 0 Å². The molecule has 22 heavy (non-hydrogen) atoms. The third-order valence-corrected chi connectivity index (χ3v) is 3.49. The predicted molar refractivity (Wildman–Crippen MR) is 80.0 cm³/mol. The molecule has 0 fully saturated rings. The van der Waals surface area contributed by atoms with Crippen molar-refractivity contribution in [2.45, 2.75) is 6.54 Å². The molecule has 4 aromatic rings. The largest absolute Gasteiger partial charge is 0.306 e. The van der Waals surface area contributed by atoms with E-state index >= 15 is 0 Å². The van der Waals surface area contributed by atoms with Crippen molar-refractivity contribution in [1.82, 2.24) is 23.6 Å². The van der Waals surface area contributed by atoms with E-state index in [1.54, 1.807) is 43.0 Å². The summed E-state index contributed by atoms with van der Waals surface area (Å²) < 4.78 is 4.49. The average molecular weight is 293 g/mol. The van der Waals surface area contributed by atoms with Crippen LogP contribution < -0.4 is 11.1 Å². The number of rotatable bonds is 2. The van der Waals surface area contributed by atoms with Crippen LogP contribution in [0.25, 0.3) is 11.2 Å². The van der Waals surface area contributed by atoms with E-state index in [1.165, 1.54) is 19.5 Å². The molecule has 0 saturated carbocycles. The molecule has 0 atom stereocenters. The van der Waals surface area contributed by atoms with Gasteiger partial charge in [0.25, 0.3) is 11.1 Å². The maximum Gasteiger partial charge on any atom is 0.276 e. The van der Waals surface area contributed by atoms with Crippen LogP contribution in [0.1, 0.15) is 5.69 Å². The molecular weight excluding hydrogens is 282 g/mol. The van der Waals surface area contributed by atoms with Gasteiger partial charge < -0.3 is 4.57 Å². The number of hydrogen-bond acceptors (Lipinski definition) is 4. The lowest BCUT2D eigenvalue weighted by Crippen LogP contribution is -2.24. The van der Waals surface area contributed by atoms with Crippen LogP contribution in [-0.4, -0.2) is 23.6 Å². The van der Waals surface area contributed by atoms with Gasteiger partial charge in [0.05, 0.1) is 18.4 Å². The Balaban J connectivity index is 1.84. The summed E-state index contributed by atoms with van der Waals surface area (Å²) in [6.45, 7) is 0.237. The summed E-state index contributed by atoms with van der Waals surface area (Å²) in [5, 5.41) is 4.02. The Bertz CT molecular complexity index is 1110. The van der Waals surface area contributed by atoms with Gasteiger partial charge in [-0.1, -0.05) is 6.07 Å². The van der Waals surface area contributed by atoms with E-state index in [9.17, 15) is 9.59 Å². The van der Waals surface area contributed by atoms with Gasteiger partial charge in [0.1, 0.15) is 11.2 Å². The summed E-state index contributed by atoms with van der Waals surface area (Å²) in [6, 6.07) is 8.44. The molecule has 0 amide bonds. The van der Waals surface area contributed by atoms with Crippen LogP contribution in [0.15, 0.2) is 64.7 Å². The van der Waals surface area contributed by atoms with E-state index in [1.807, 2.05) is 6.07 Å². The van der Waals surface area contributed by atoms with Gasteiger partial charge in [-0.15, -0.1) is 0 Å². The molecule has 0 aromatic carbocycles. The first-order valence-corrected chi connectivity index (χ1v) is 6.72. The third-order valence-electron chi connectivity index (χ3n) is 3.49. The molecular formula is C15H11N5O2. The highest BCUT2D eigenvalue weighted by Gasteiger charge is 2.06. The minimum Gasteiger partial charge on any atom is -0.306 e. The zero-order valence-corrected chi connectivity index (χ0v) is 11.5. The van der Waals surface area contributed by atoms with Gasteiger partial charge in [-0.2, -0.15) is 5.10 Å². The zero-order valence-electron chi connectivity index (χ0n) is 11.5. The van der Waals surface area contributed by atoms with Crippen LogP contribution in [0.3, 0.4) is 0 Å². The van der Waals surface area contributed by atoms with Crippen molar-refractivity contribution in [2.75, 3.05) is 0 Å². The van der Waals surface area contributed by atoms with Gasteiger partial charge in [-0.05, 0) is 18.2 Å². The standard InChI is InChI=1S/C15H11N5O2/c21-14-9-11(17-13-3-1-2-6-19(13)14)10-18-7-8-20-12(15(18)22)4-5-16-20/h1-9H,10H2. The first kappa shape index (κ1) is 12.5. The van der Waals surface area contributed by atoms with Crippen molar-refractivity contribution in [3.05, 3.63) is 81.5 Å². The molecule has 0 saturated heterocycles. The molecule has 0 aliphatic rings. The summed E-state index contributed by atoms with van der Waals surface area (Å²) in [5.41, 5.74) is 1.25. The fourth-order valence-electron chi connectivity index (χ4n) is 2.44. The van der Waals surface area contributed by atoms with E-state index in [4.69, 9.17) is 0 Å². The van der Waals surface area contributed by atoms with E-state index in [0.29, 0.717) is 16.9 Å². The van der Waals surface area contributed by atoms with Gasteiger partial charge in [-0.25, -0.2) is 9.50 Å². The molecule has 7 heteroatoms. The zero-order chi connectivity index (χ0) is 15.1. The quantitative estimate of drug-likeness (QED) is 0.541. The van der Waals surface area contributed by atoms with Crippen LogP contribution in [0.5, 0.6) is 0 Å². The summed E-state index contributed by atoms with van der Waals surface area (Å²) in [6.07, 6.45) is 6.57. The number of aromatic nitrogens is 5. The van der Waals surface area contributed by atoms with Crippen LogP contribution >= 0.6 is 0 Å². The fraction of sp³-hybridized carbons (Fsp3) is 0.0667. The SMILES string of the molecule is O=c1c2ccnn2ccn1Cc1cc(=O)n2ccccc2n1. The molecule has 0 radical (unpaired) electrons. The molecule has 4 rings (SSSR count). The van der Waals surface area contributed by atoms with Crippen LogP contribution in [0.2, 0.25) is 0 Å². The Kier molecular flexibility index (Phi) is 2.65. The van der Waals surface area contributed by atoms with Crippen molar-refractivity contribution in [3.8, 4) is 0 Å². The van der Waals surface area contributed by atoms with Gasteiger partial charge >= 0.3 is 0 Å². The molecule has 7 nitrogen and oxygen atoms in total. The molecule has 4 heterocycles.